The summed E-state index contributed by atoms with van der Waals surface area (Å²) in [6, 6.07) is 5.35. The molecule has 1 saturated heterocycles. The molecule has 1 fully saturated rings. The molecular formula is C15H20FN3O2. The third-order valence-corrected chi connectivity index (χ3v) is 3.51. The summed E-state index contributed by atoms with van der Waals surface area (Å²) in [4.78, 5) is 27.6. The molecule has 2 rings (SSSR count). The zero-order valence-electron chi connectivity index (χ0n) is 12.1. The van der Waals surface area contributed by atoms with E-state index in [1.807, 2.05) is 0 Å². The monoisotopic (exact) mass is 293 g/mol. The van der Waals surface area contributed by atoms with Gasteiger partial charge in [0.2, 0.25) is 5.91 Å². The minimum atomic E-state index is -0.363. The van der Waals surface area contributed by atoms with Gasteiger partial charge in [-0.3, -0.25) is 9.59 Å². The third-order valence-electron chi connectivity index (χ3n) is 3.51. The highest BCUT2D eigenvalue weighted by Crippen LogP contribution is 2.11. The Labute approximate surface area is 123 Å². The van der Waals surface area contributed by atoms with E-state index in [0.29, 0.717) is 38.2 Å². The lowest BCUT2D eigenvalue weighted by molar-refractivity contribution is -0.132. The molecule has 0 bridgehead atoms. The predicted molar refractivity (Wildman–Crippen MR) is 77.1 cm³/mol. The van der Waals surface area contributed by atoms with E-state index in [4.69, 9.17) is 5.73 Å². The van der Waals surface area contributed by atoms with Gasteiger partial charge in [0.05, 0.1) is 0 Å². The standard InChI is InChI=1S/C15H20FN3O2/c1-11(17)10-14(20)18-6-8-19(9-7-18)15(21)12-2-4-13(16)5-3-12/h2-5,11H,6-10,17H2,1H3. The first kappa shape index (κ1) is 15.4. The lowest BCUT2D eigenvalue weighted by Gasteiger charge is -2.35. The van der Waals surface area contributed by atoms with Crippen molar-refractivity contribution in [1.29, 1.82) is 0 Å². The Bertz CT molecular complexity index is 508. The number of amides is 2. The third kappa shape index (κ3) is 4.01. The summed E-state index contributed by atoms with van der Waals surface area (Å²) < 4.78 is 12.9. The molecule has 1 aliphatic rings. The van der Waals surface area contributed by atoms with Crippen molar-refractivity contribution in [3.8, 4) is 0 Å². The van der Waals surface area contributed by atoms with Gasteiger partial charge in [-0.05, 0) is 31.2 Å². The molecule has 0 spiro atoms. The first-order chi connectivity index (χ1) is 9.97. The Morgan fingerprint density at radius 1 is 1.14 bits per heavy atom. The Morgan fingerprint density at radius 2 is 1.67 bits per heavy atom. The van der Waals surface area contributed by atoms with E-state index in [1.165, 1.54) is 24.3 Å². The summed E-state index contributed by atoms with van der Waals surface area (Å²) in [6.45, 7) is 3.80. The number of halogens is 1. The number of hydrogen-bond donors (Lipinski definition) is 1. The SMILES string of the molecule is CC(N)CC(=O)N1CCN(C(=O)c2ccc(F)cc2)CC1. The molecule has 0 saturated carbocycles. The smallest absolute Gasteiger partial charge is 0.253 e. The molecule has 5 nitrogen and oxygen atoms in total. The molecule has 1 aromatic rings. The average Bonchev–Trinajstić information content (AvgIpc) is 2.47. The van der Waals surface area contributed by atoms with Gasteiger partial charge in [-0.25, -0.2) is 4.39 Å². The highest BCUT2D eigenvalue weighted by molar-refractivity contribution is 5.94. The number of carbonyl (C=O) groups is 2. The molecular weight excluding hydrogens is 273 g/mol. The van der Waals surface area contributed by atoms with E-state index in [1.54, 1.807) is 16.7 Å². The van der Waals surface area contributed by atoms with Crippen LogP contribution in [0.25, 0.3) is 0 Å². The number of hydrogen-bond acceptors (Lipinski definition) is 3. The Morgan fingerprint density at radius 3 is 2.19 bits per heavy atom. The molecule has 0 aliphatic carbocycles. The predicted octanol–water partition coefficient (Wildman–Crippen LogP) is 0.847. The maximum atomic E-state index is 12.9. The highest BCUT2D eigenvalue weighted by atomic mass is 19.1. The van der Waals surface area contributed by atoms with Crippen molar-refractivity contribution in [2.24, 2.45) is 5.73 Å². The van der Waals surface area contributed by atoms with Gasteiger partial charge in [-0.2, -0.15) is 0 Å². The first-order valence-corrected chi connectivity index (χ1v) is 7.05. The highest BCUT2D eigenvalue weighted by Gasteiger charge is 2.25. The van der Waals surface area contributed by atoms with Crippen LogP contribution < -0.4 is 5.73 Å². The Hall–Kier alpha value is -1.95. The van der Waals surface area contributed by atoms with Crippen molar-refractivity contribution in [3.63, 3.8) is 0 Å². The van der Waals surface area contributed by atoms with Gasteiger partial charge in [-0.15, -0.1) is 0 Å². The second kappa shape index (κ2) is 6.67. The van der Waals surface area contributed by atoms with Gasteiger partial charge in [0, 0.05) is 44.2 Å². The van der Waals surface area contributed by atoms with E-state index in [-0.39, 0.29) is 23.7 Å². The number of rotatable bonds is 3. The zero-order chi connectivity index (χ0) is 15.4. The number of carbonyl (C=O) groups excluding carboxylic acids is 2. The summed E-state index contributed by atoms with van der Waals surface area (Å²) >= 11 is 0. The molecule has 21 heavy (non-hydrogen) atoms. The van der Waals surface area contributed by atoms with Crippen LogP contribution in [0.2, 0.25) is 0 Å². The van der Waals surface area contributed by atoms with Gasteiger partial charge in [0.15, 0.2) is 0 Å². The van der Waals surface area contributed by atoms with Crippen molar-refractivity contribution in [2.75, 3.05) is 26.2 Å². The maximum absolute atomic E-state index is 12.9. The molecule has 0 aromatic heterocycles. The second-order valence-corrected chi connectivity index (χ2v) is 5.36. The van der Waals surface area contributed by atoms with Gasteiger partial charge in [0.25, 0.3) is 5.91 Å². The molecule has 1 atom stereocenters. The van der Waals surface area contributed by atoms with Crippen molar-refractivity contribution in [3.05, 3.63) is 35.6 Å². The van der Waals surface area contributed by atoms with E-state index in [0.717, 1.165) is 0 Å². The van der Waals surface area contributed by atoms with Crippen LogP contribution in [0.4, 0.5) is 4.39 Å². The van der Waals surface area contributed by atoms with E-state index in [2.05, 4.69) is 0 Å². The minimum Gasteiger partial charge on any atom is -0.339 e. The summed E-state index contributed by atoms with van der Waals surface area (Å²) in [5, 5.41) is 0. The molecule has 1 aliphatic heterocycles. The molecule has 1 heterocycles. The normalized spacial score (nSPS) is 16.7. The van der Waals surface area contributed by atoms with Gasteiger partial charge in [0.1, 0.15) is 5.82 Å². The molecule has 1 unspecified atom stereocenters. The van der Waals surface area contributed by atoms with Crippen molar-refractivity contribution in [2.45, 2.75) is 19.4 Å². The zero-order valence-corrected chi connectivity index (χ0v) is 12.1. The van der Waals surface area contributed by atoms with Crippen LogP contribution in [0.1, 0.15) is 23.7 Å². The van der Waals surface area contributed by atoms with E-state index >= 15 is 0 Å². The van der Waals surface area contributed by atoms with Crippen LogP contribution in [0.15, 0.2) is 24.3 Å². The Kier molecular flexibility index (Phi) is 4.90. The molecule has 6 heteroatoms. The quantitative estimate of drug-likeness (QED) is 0.898. The fourth-order valence-electron chi connectivity index (χ4n) is 2.34. The molecule has 1 aromatic carbocycles. The van der Waals surface area contributed by atoms with Crippen LogP contribution in [-0.2, 0) is 4.79 Å². The first-order valence-electron chi connectivity index (χ1n) is 7.05. The summed E-state index contributed by atoms with van der Waals surface area (Å²) in [5.74, 6) is -0.467. The maximum Gasteiger partial charge on any atom is 0.253 e. The minimum absolute atomic E-state index is 0.0267. The number of nitrogens with two attached hydrogens (primary N) is 1. The summed E-state index contributed by atoms with van der Waals surface area (Å²) in [6.07, 6.45) is 0.325. The van der Waals surface area contributed by atoms with Crippen LogP contribution >= 0.6 is 0 Å². The average molecular weight is 293 g/mol. The van der Waals surface area contributed by atoms with Gasteiger partial charge in [-0.1, -0.05) is 0 Å². The lowest BCUT2D eigenvalue weighted by atomic mass is 10.1. The fraction of sp³-hybridized carbons (Fsp3) is 0.467. The topological polar surface area (TPSA) is 66.6 Å². The molecule has 2 N–H and O–H groups in total. The number of piperazine rings is 1. The van der Waals surface area contributed by atoms with Crippen molar-refractivity contribution in [1.82, 2.24) is 9.80 Å². The van der Waals surface area contributed by atoms with Crippen LogP contribution in [-0.4, -0.2) is 53.8 Å². The van der Waals surface area contributed by atoms with Gasteiger partial charge >= 0.3 is 0 Å². The summed E-state index contributed by atoms with van der Waals surface area (Å²) in [5.41, 5.74) is 6.09. The Balaban J connectivity index is 1.90. The molecule has 2 amide bonds. The van der Waals surface area contributed by atoms with Crippen LogP contribution in [0.3, 0.4) is 0 Å². The van der Waals surface area contributed by atoms with Crippen LogP contribution in [0, 0.1) is 5.82 Å². The number of nitrogens with zero attached hydrogens (tertiary/aromatic N) is 2. The second-order valence-electron chi connectivity index (χ2n) is 5.36. The largest absolute Gasteiger partial charge is 0.339 e. The fourth-order valence-corrected chi connectivity index (χ4v) is 2.34. The molecule has 114 valence electrons. The van der Waals surface area contributed by atoms with E-state index in [9.17, 15) is 14.0 Å². The lowest BCUT2D eigenvalue weighted by Crippen LogP contribution is -2.51. The summed E-state index contributed by atoms with van der Waals surface area (Å²) in [7, 11) is 0. The van der Waals surface area contributed by atoms with Crippen molar-refractivity contribution >= 4 is 11.8 Å². The molecule has 0 radical (unpaired) electrons. The van der Waals surface area contributed by atoms with Crippen molar-refractivity contribution < 1.29 is 14.0 Å². The number of benzene rings is 1. The van der Waals surface area contributed by atoms with E-state index < -0.39 is 0 Å². The van der Waals surface area contributed by atoms with Crippen LogP contribution in [0.5, 0.6) is 0 Å². The van der Waals surface area contributed by atoms with Gasteiger partial charge < -0.3 is 15.5 Å².